The number of hydrogen-bond donors (Lipinski definition) is 3. The van der Waals surface area contributed by atoms with Crippen molar-refractivity contribution in [1.82, 2.24) is 10.6 Å². The summed E-state index contributed by atoms with van der Waals surface area (Å²) >= 11 is 0. The number of nitrogens with one attached hydrogen (secondary N) is 2. The highest BCUT2D eigenvalue weighted by Gasteiger charge is 2.37. The molecule has 35 heavy (non-hydrogen) atoms. The summed E-state index contributed by atoms with van der Waals surface area (Å²) in [6, 6.07) is 15.7. The summed E-state index contributed by atoms with van der Waals surface area (Å²) in [5, 5.41) is 14.9. The fraction of sp³-hybridized carbons (Fsp3) is 0.444. The smallest absolute Gasteiger partial charge is 0.407 e. The molecule has 184 valence electrons. The number of carbonyl (C=O) groups is 3. The second-order valence-electron chi connectivity index (χ2n) is 9.68. The van der Waals surface area contributed by atoms with Gasteiger partial charge in [0.05, 0.1) is 31.1 Å². The lowest BCUT2D eigenvalue weighted by atomic mass is 9.98. The van der Waals surface area contributed by atoms with Gasteiger partial charge in [0.25, 0.3) is 0 Å². The van der Waals surface area contributed by atoms with Crippen LogP contribution in [-0.4, -0.2) is 55.5 Å². The fourth-order valence-electron chi connectivity index (χ4n) is 5.13. The van der Waals surface area contributed by atoms with Gasteiger partial charge in [0.15, 0.2) is 0 Å². The molecule has 5 rings (SSSR count). The molecule has 2 aromatic carbocycles. The van der Waals surface area contributed by atoms with Crippen molar-refractivity contribution in [2.75, 3.05) is 26.4 Å². The summed E-state index contributed by atoms with van der Waals surface area (Å²) < 4.78 is 11.0. The first-order chi connectivity index (χ1) is 17.0. The van der Waals surface area contributed by atoms with Crippen molar-refractivity contribution in [2.45, 2.75) is 31.2 Å². The summed E-state index contributed by atoms with van der Waals surface area (Å²) in [5.74, 6) is -1.99. The summed E-state index contributed by atoms with van der Waals surface area (Å²) in [7, 11) is 0. The largest absolute Gasteiger partial charge is 0.481 e. The predicted molar refractivity (Wildman–Crippen MR) is 128 cm³/mol. The SMILES string of the molecule is O=C(NC1COCC1C(=O)NCC(CC1CC1)C(=O)O)OCC1c2ccccc2-c2ccccc21. The topological polar surface area (TPSA) is 114 Å². The van der Waals surface area contributed by atoms with Crippen LogP contribution in [0.2, 0.25) is 0 Å². The van der Waals surface area contributed by atoms with Crippen LogP contribution in [0.3, 0.4) is 0 Å². The van der Waals surface area contributed by atoms with Gasteiger partial charge in [0.2, 0.25) is 5.91 Å². The van der Waals surface area contributed by atoms with Crippen molar-refractivity contribution in [3.05, 3.63) is 59.7 Å². The molecule has 0 spiro atoms. The maximum atomic E-state index is 12.7. The highest BCUT2D eigenvalue weighted by atomic mass is 16.5. The monoisotopic (exact) mass is 478 g/mol. The van der Waals surface area contributed by atoms with Gasteiger partial charge in [0, 0.05) is 12.5 Å². The quantitative estimate of drug-likeness (QED) is 0.510. The van der Waals surface area contributed by atoms with Gasteiger partial charge in [0.1, 0.15) is 6.61 Å². The van der Waals surface area contributed by atoms with Crippen LogP contribution in [0.25, 0.3) is 11.1 Å². The number of alkyl carbamates (subject to hydrolysis) is 1. The average molecular weight is 479 g/mol. The number of aliphatic carboxylic acids is 1. The standard InChI is InChI=1S/C27H30N2O6/c30-25(28-12-17(26(31)32)11-16-9-10-16)23-13-34-15-24(23)29-27(33)35-14-22-20-7-3-1-5-18(20)19-6-2-4-8-21(19)22/h1-8,16-17,22-24H,9-15H2,(H,28,30)(H,29,33)(H,31,32). The van der Waals surface area contributed by atoms with E-state index in [1.165, 1.54) is 0 Å². The highest BCUT2D eigenvalue weighted by molar-refractivity contribution is 5.82. The van der Waals surface area contributed by atoms with Crippen molar-refractivity contribution in [2.24, 2.45) is 17.8 Å². The molecule has 2 fully saturated rings. The van der Waals surface area contributed by atoms with E-state index in [4.69, 9.17) is 9.47 Å². The normalized spacial score (nSPS) is 21.6. The molecular formula is C27H30N2O6. The number of amides is 2. The zero-order valence-electron chi connectivity index (χ0n) is 19.4. The summed E-state index contributed by atoms with van der Waals surface area (Å²) in [5.41, 5.74) is 4.56. The molecule has 2 aliphatic carbocycles. The van der Waals surface area contributed by atoms with Crippen LogP contribution < -0.4 is 10.6 Å². The zero-order chi connectivity index (χ0) is 24.4. The predicted octanol–water partition coefficient (Wildman–Crippen LogP) is 3.16. The molecule has 3 atom stereocenters. The number of carboxylic acid groups (broad SMARTS) is 1. The Morgan fingerprint density at radius 1 is 1.00 bits per heavy atom. The third-order valence-electron chi connectivity index (χ3n) is 7.25. The molecule has 1 saturated heterocycles. The molecule has 3 unspecified atom stereocenters. The van der Waals surface area contributed by atoms with Crippen LogP contribution in [0.1, 0.15) is 36.3 Å². The summed E-state index contributed by atoms with van der Waals surface area (Å²) in [6.45, 7) is 0.637. The van der Waals surface area contributed by atoms with E-state index in [1.807, 2.05) is 24.3 Å². The van der Waals surface area contributed by atoms with Crippen molar-refractivity contribution < 1.29 is 29.0 Å². The second kappa shape index (κ2) is 10.1. The number of carboxylic acids is 1. The van der Waals surface area contributed by atoms with Crippen molar-refractivity contribution >= 4 is 18.0 Å². The molecule has 1 aliphatic heterocycles. The molecule has 0 bridgehead atoms. The highest BCUT2D eigenvalue weighted by Crippen LogP contribution is 2.44. The number of rotatable bonds is 9. The van der Waals surface area contributed by atoms with E-state index in [9.17, 15) is 19.5 Å². The van der Waals surface area contributed by atoms with Gasteiger partial charge in [-0.1, -0.05) is 61.4 Å². The van der Waals surface area contributed by atoms with Crippen LogP contribution in [-0.2, 0) is 19.1 Å². The average Bonchev–Trinajstić information content (AvgIpc) is 3.47. The van der Waals surface area contributed by atoms with Gasteiger partial charge in [-0.05, 0) is 34.6 Å². The Morgan fingerprint density at radius 2 is 1.66 bits per heavy atom. The van der Waals surface area contributed by atoms with Gasteiger partial charge in [-0.3, -0.25) is 9.59 Å². The van der Waals surface area contributed by atoms with Crippen LogP contribution in [0.5, 0.6) is 0 Å². The maximum Gasteiger partial charge on any atom is 0.407 e. The van der Waals surface area contributed by atoms with Gasteiger partial charge >= 0.3 is 12.1 Å². The van der Waals surface area contributed by atoms with Crippen LogP contribution in [0, 0.1) is 17.8 Å². The molecular weight excluding hydrogens is 448 g/mol. The van der Waals surface area contributed by atoms with Crippen LogP contribution in [0.4, 0.5) is 4.79 Å². The zero-order valence-corrected chi connectivity index (χ0v) is 19.4. The molecule has 3 aliphatic rings. The Bertz CT molecular complexity index is 1070. The lowest BCUT2D eigenvalue weighted by molar-refractivity contribution is -0.142. The van der Waals surface area contributed by atoms with Crippen molar-refractivity contribution in [3.63, 3.8) is 0 Å². The van der Waals surface area contributed by atoms with Crippen molar-refractivity contribution in [1.29, 1.82) is 0 Å². The third kappa shape index (κ3) is 5.17. The van der Waals surface area contributed by atoms with Crippen molar-refractivity contribution in [3.8, 4) is 11.1 Å². The van der Waals surface area contributed by atoms with E-state index in [0.717, 1.165) is 35.1 Å². The van der Waals surface area contributed by atoms with E-state index < -0.39 is 29.9 Å². The first-order valence-corrected chi connectivity index (χ1v) is 12.2. The molecule has 2 aromatic rings. The second-order valence-corrected chi connectivity index (χ2v) is 9.68. The van der Waals surface area contributed by atoms with Gasteiger partial charge < -0.3 is 25.2 Å². The molecule has 1 heterocycles. The Hall–Kier alpha value is -3.39. The Kier molecular flexibility index (Phi) is 6.72. The molecule has 0 aromatic heterocycles. The van der Waals surface area contributed by atoms with E-state index in [0.29, 0.717) is 12.3 Å². The van der Waals surface area contributed by atoms with Crippen LogP contribution >= 0.6 is 0 Å². The number of benzene rings is 2. The Morgan fingerprint density at radius 3 is 2.29 bits per heavy atom. The number of fused-ring (bicyclic) bond motifs is 3. The number of carbonyl (C=O) groups excluding carboxylic acids is 2. The summed E-state index contributed by atoms with van der Waals surface area (Å²) in [6.07, 6.45) is 2.09. The molecule has 0 radical (unpaired) electrons. The molecule has 3 N–H and O–H groups in total. The molecule has 2 amide bonds. The Balaban J connectivity index is 1.15. The lowest BCUT2D eigenvalue weighted by Crippen LogP contribution is -2.47. The minimum absolute atomic E-state index is 0.0495. The van der Waals surface area contributed by atoms with Gasteiger partial charge in [-0.25, -0.2) is 4.79 Å². The number of hydrogen-bond acceptors (Lipinski definition) is 5. The van der Waals surface area contributed by atoms with E-state index >= 15 is 0 Å². The maximum absolute atomic E-state index is 12.7. The first-order valence-electron chi connectivity index (χ1n) is 12.2. The van der Waals surface area contributed by atoms with Crippen LogP contribution in [0.15, 0.2) is 48.5 Å². The molecule has 8 nitrogen and oxygen atoms in total. The van der Waals surface area contributed by atoms with E-state index in [-0.39, 0.29) is 38.2 Å². The molecule has 8 heteroatoms. The third-order valence-corrected chi connectivity index (χ3v) is 7.25. The summed E-state index contributed by atoms with van der Waals surface area (Å²) in [4.78, 5) is 36.9. The van der Waals surface area contributed by atoms with E-state index in [1.54, 1.807) is 0 Å². The molecule has 1 saturated carbocycles. The van der Waals surface area contributed by atoms with Gasteiger partial charge in [-0.15, -0.1) is 0 Å². The minimum atomic E-state index is -0.895. The Labute approximate surface area is 204 Å². The van der Waals surface area contributed by atoms with E-state index in [2.05, 4.69) is 34.9 Å². The lowest BCUT2D eigenvalue weighted by Gasteiger charge is -2.21. The fourth-order valence-corrected chi connectivity index (χ4v) is 5.13. The first kappa shape index (κ1) is 23.4. The number of ether oxygens (including phenoxy) is 2. The van der Waals surface area contributed by atoms with Gasteiger partial charge in [-0.2, -0.15) is 0 Å². The minimum Gasteiger partial charge on any atom is -0.481 e.